The van der Waals surface area contributed by atoms with Crippen LogP contribution in [0.5, 0.6) is 0 Å². The summed E-state index contributed by atoms with van der Waals surface area (Å²) in [6.45, 7) is 7.53. The predicted octanol–water partition coefficient (Wildman–Crippen LogP) is 2.63. The monoisotopic (exact) mass is 240 g/mol. The van der Waals surface area contributed by atoms with Gasteiger partial charge >= 0.3 is 6.18 Å². The van der Waals surface area contributed by atoms with E-state index < -0.39 is 12.7 Å². The van der Waals surface area contributed by atoms with Gasteiger partial charge in [-0.05, 0) is 18.4 Å². The minimum Gasteiger partial charge on any atom is -0.329 e. The van der Waals surface area contributed by atoms with Crippen molar-refractivity contribution in [3.8, 4) is 0 Å². The molecule has 1 unspecified atom stereocenters. The molecule has 98 valence electrons. The van der Waals surface area contributed by atoms with E-state index in [4.69, 9.17) is 5.73 Å². The SMILES string of the molecule is CCN(CC(F)(F)F)C(CN)CC(C)(C)C. The van der Waals surface area contributed by atoms with Crippen LogP contribution in [0.3, 0.4) is 0 Å². The molecule has 0 bridgehead atoms. The second-order valence-corrected chi connectivity index (χ2v) is 5.33. The normalized spacial score (nSPS) is 15.6. The molecule has 0 spiro atoms. The molecule has 0 heterocycles. The molecular weight excluding hydrogens is 217 g/mol. The van der Waals surface area contributed by atoms with Crippen molar-refractivity contribution < 1.29 is 13.2 Å². The molecule has 0 aromatic heterocycles. The highest BCUT2D eigenvalue weighted by Crippen LogP contribution is 2.25. The number of hydrogen-bond acceptors (Lipinski definition) is 2. The minimum absolute atomic E-state index is 0.0109. The Hall–Kier alpha value is -0.290. The van der Waals surface area contributed by atoms with E-state index in [0.717, 1.165) is 0 Å². The van der Waals surface area contributed by atoms with Gasteiger partial charge in [0.25, 0.3) is 0 Å². The Kier molecular flexibility index (Phi) is 5.76. The van der Waals surface area contributed by atoms with Gasteiger partial charge in [0.1, 0.15) is 0 Å². The number of nitrogens with zero attached hydrogens (tertiary/aromatic N) is 1. The molecule has 2 N–H and O–H groups in total. The van der Waals surface area contributed by atoms with Crippen LogP contribution in [0.4, 0.5) is 13.2 Å². The second-order valence-electron chi connectivity index (χ2n) is 5.33. The maximum Gasteiger partial charge on any atom is 0.401 e. The fraction of sp³-hybridized carbons (Fsp3) is 1.00. The number of alkyl halides is 3. The zero-order chi connectivity index (χ0) is 13.0. The number of nitrogens with two attached hydrogens (primary N) is 1. The Bertz CT molecular complexity index is 174. The molecule has 0 saturated carbocycles. The second kappa shape index (κ2) is 5.87. The van der Waals surface area contributed by atoms with Crippen LogP contribution >= 0.6 is 0 Å². The summed E-state index contributed by atoms with van der Waals surface area (Å²) in [5, 5.41) is 0. The van der Waals surface area contributed by atoms with Crippen LogP contribution in [0.1, 0.15) is 34.1 Å². The molecule has 0 aliphatic carbocycles. The fourth-order valence-corrected chi connectivity index (χ4v) is 1.80. The number of rotatable bonds is 5. The third kappa shape index (κ3) is 7.06. The van der Waals surface area contributed by atoms with Gasteiger partial charge in [0.15, 0.2) is 0 Å². The third-order valence-electron chi connectivity index (χ3n) is 2.43. The average molecular weight is 240 g/mol. The zero-order valence-electron chi connectivity index (χ0n) is 10.6. The van der Waals surface area contributed by atoms with Gasteiger partial charge in [-0.2, -0.15) is 13.2 Å². The van der Waals surface area contributed by atoms with Gasteiger partial charge in [-0.15, -0.1) is 0 Å². The first kappa shape index (κ1) is 15.7. The highest BCUT2D eigenvalue weighted by molar-refractivity contribution is 4.79. The first-order valence-electron chi connectivity index (χ1n) is 5.60. The van der Waals surface area contributed by atoms with Crippen LogP contribution < -0.4 is 5.73 Å². The number of likely N-dealkylation sites (N-methyl/N-ethyl adjacent to an activating group) is 1. The lowest BCUT2D eigenvalue weighted by Gasteiger charge is -2.34. The smallest absolute Gasteiger partial charge is 0.329 e. The topological polar surface area (TPSA) is 29.3 Å². The predicted molar refractivity (Wildman–Crippen MR) is 60.2 cm³/mol. The summed E-state index contributed by atoms with van der Waals surface area (Å²) in [6, 6.07) is -0.202. The molecule has 0 aliphatic heterocycles. The molecule has 0 aromatic carbocycles. The van der Waals surface area contributed by atoms with E-state index in [1.807, 2.05) is 20.8 Å². The highest BCUT2D eigenvalue weighted by atomic mass is 19.4. The van der Waals surface area contributed by atoms with E-state index in [2.05, 4.69) is 0 Å². The van der Waals surface area contributed by atoms with Crippen LogP contribution in [0.2, 0.25) is 0 Å². The van der Waals surface area contributed by atoms with Gasteiger partial charge in [0.05, 0.1) is 6.54 Å². The van der Waals surface area contributed by atoms with Crippen molar-refractivity contribution in [3.05, 3.63) is 0 Å². The standard InChI is InChI=1S/C11H23F3N2/c1-5-16(8-11(12,13)14)9(7-15)6-10(2,3)4/h9H,5-8,15H2,1-4H3. The first-order chi connectivity index (χ1) is 7.09. The summed E-state index contributed by atoms with van der Waals surface area (Å²) in [5.41, 5.74) is 5.56. The van der Waals surface area contributed by atoms with E-state index in [1.165, 1.54) is 4.90 Å². The van der Waals surface area contributed by atoms with Crippen molar-refractivity contribution in [2.75, 3.05) is 19.6 Å². The molecule has 0 fully saturated rings. The fourth-order valence-electron chi connectivity index (χ4n) is 1.80. The van der Waals surface area contributed by atoms with Gasteiger partial charge in [-0.25, -0.2) is 0 Å². The van der Waals surface area contributed by atoms with Crippen LogP contribution in [-0.2, 0) is 0 Å². The first-order valence-corrected chi connectivity index (χ1v) is 5.60. The molecule has 1 atom stereocenters. The van der Waals surface area contributed by atoms with E-state index in [1.54, 1.807) is 6.92 Å². The van der Waals surface area contributed by atoms with Crippen molar-refractivity contribution in [3.63, 3.8) is 0 Å². The molecule has 0 aliphatic rings. The van der Waals surface area contributed by atoms with Crippen molar-refractivity contribution in [2.24, 2.45) is 11.1 Å². The Balaban J connectivity index is 4.51. The summed E-state index contributed by atoms with van der Waals surface area (Å²) in [6.07, 6.45) is -3.48. The lowest BCUT2D eigenvalue weighted by molar-refractivity contribution is -0.151. The summed E-state index contributed by atoms with van der Waals surface area (Å²) in [7, 11) is 0. The Morgan fingerprint density at radius 1 is 1.19 bits per heavy atom. The van der Waals surface area contributed by atoms with Gasteiger partial charge in [-0.3, -0.25) is 4.90 Å². The molecule has 16 heavy (non-hydrogen) atoms. The van der Waals surface area contributed by atoms with Crippen molar-refractivity contribution in [1.82, 2.24) is 4.90 Å². The van der Waals surface area contributed by atoms with Gasteiger partial charge < -0.3 is 5.73 Å². The van der Waals surface area contributed by atoms with Crippen molar-refractivity contribution >= 4 is 0 Å². The maximum atomic E-state index is 12.3. The van der Waals surface area contributed by atoms with Gasteiger partial charge in [0, 0.05) is 12.6 Å². The number of halogens is 3. The lowest BCUT2D eigenvalue weighted by Crippen LogP contribution is -2.46. The Morgan fingerprint density at radius 2 is 1.69 bits per heavy atom. The summed E-state index contributed by atoms with van der Waals surface area (Å²) >= 11 is 0. The zero-order valence-corrected chi connectivity index (χ0v) is 10.6. The summed E-state index contributed by atoms with van der Waals surface area (Å²) in [5.74, 6) is 0. The molecule has 0 radical (unpaired) electrons. The summed E-state index contributed by atoms with van der Waals surface area (Å²) < 4.78 is 37.0. The number of hydrogen-bond donors (Lipinski definition) is 1. The molecule has 0 rings (SSSR count). The van der Waals surface area contributed by atoms with Gasteiger partial charge in [-0.1, -0.05) is 27.7 Å². The maximum absolute atomic E-state index is 12.3. The largest absolute Gasteiger partial charge is 0.401 e. The highest BCUT2D eigenvalue weighted by Gasteiger charge is 2.33. The van der Waals surface area contributed by atoms with Crippen LogP contribution in [0.25, 0.3) is 0 Å². The Labute approximate surface area is 96.0 Å². The third-order valence-corrected chi connectivity index (χ3v) is 2.43. The van der Waals surface area contributed by atoms with Gasteiger partial charge in [0.2, 0.25) is 0 Å². The molecule has 5 heteroatoms. The van der Waals surface area contributed by atoms with E-state index >= 15 is 0 Å². The molecule has 0 aromatic rings. The molecular formula is C11H23F3N2. The van der Waals surface area contributed by atoms with Crippen molar-refractivity contribution in [1.29, 1.82) is 0 Å². The van der Waals surface area contributed by atoms with E-state index in [0.29, 0.717) is 13.0 Å². The molecule has 0 amide bonds. The van der Waals surface area contributed by atoms with Crippen molar-refractivity contribution in [2.45, 2.75) is 46.3 Å². The Morgan fingerprint density at radius 3 is 1.94 bits per heavy atom. The van der Waals surface area contributed by atoms with Crippen LogP contribution in [0, 0.1) is 5.41 Å². The van der Waals surface area contributed by atoms with Crippen LogP contribution in [-0.4, -0.2) is 36.8 Å². The molecule has 2 nitrogen and oxygen atoms in total. The minimum atomic E-state index is -4.15. The quantitative estimate of drug-likeness (QED) is 0.800. The van der Waals surface area contributed by atoms with E-state index in [-0.39, 0.29) is 18.0 Å². The summed E-state index contributed by atoms with van der Waals surface area (Å²) in [4.78, 5) is 1.41. The average Bonchev–Trinajstić information content (AvgIpc) is 2.07. The lowest BCUT2D eigenvalue weighted by atomic mass is 9.87. The van der Waals surface area contributed by atoms with Crippen LogP contribution in [0.15, 0.2) is 0 Å². The molecule has 0 saturated heterocycles. The van der Waals surface area contributed by atoms with E-state index in [9.17, 15) is 13.2 Å².